The third-order valence-corrected chi connectivity index (χ3v) is 5.15. The van der Waals surface area contributed by atoms with Crippen LogP contribution < -0.4 is 14.5 Å². The molecule has 0 amide bonds. The van der Waals surface area contributed by atoms with E-state index >= 15 is 0 Å². The molecule has 0 aromatic heterocycles. The Bertz CT molecular complexity index is 938. The van der Waals surface area contributed by atoms with Crippen molar-refractivity contribution in [3.05, 3.63) is 71.1 Å². The normalized spacial score (nSPS) is 11.4. The fourth-order valence-corrected chi connectivity index (χ4v) is 3.71. The summed E-state index contributed by atoms with van der Waals surface area (Å²) in [6.45, 7) is -0.222. The SMILES string of the molecule is O=C([O-])CCCN(c1ccccc1C(=O)[O-])S(=O)(=O)/C=C/c1ccccc1. The number of sulfonamides is 1. The highest BCUT2D eigenvalue weighted by molar-refractivity contribution is 7.95. The van der Waals surface area contributed by atoms with Crippen molar-refractivity contribution >= 4 is 33.7 Å². The number of para-hydroxylation sites is 1. The molecule has 0 heterocycles. The Balaban J connectivity index is 2.41. The molecule has 0 spiro atoms. The smallest absolute Gasteiger partial charge is 0.257 e. The standard InChI is InChI=1S/C19H19NO6S/c21-18(22)11-6-13-20(17-10-5-4-9-16(17)19(23)24)27(25,26)14-12-15-7-2-1-3-8-15/h1-5,7-10,12,14H,6,11,13H2,(H,21,22)(H,23,24)/p-2/b14-12+. The molecule has 142 valence electrons. The molecule has 0 atom stereocenters. The quantitative estimate of drug-likeness (QED) is 0.614. The van der Waals surface area contributed by atoms with E-state index in [2.05, 4.69) is 0 Å². The summed E-state index contributed by atoms with van der Waals surface area (Å²) in [6.07, 6.45) is 0.979. The summed E-state index contributed by atoms with van der Waals surface area (Å²) >= 11 is 0. The Morgan fingerprint density at radius 2 is 1.59 bits per heavy atom. The lowest BCUT2D eigenvalue weighted by Gasteiger charge is -2.25. The van der Waals surface area contributed by atoms with Gasteiger partial charge in [-0.25, -0.2) is 8.42 Å². The third kappa shape index (κ3) is 5.68. The predicted molar refractivity (Wildman–Crippen MR) is 96.8 cm³/mol. The maximum Gasteiger partial charge on any atom is 0.257 e. The number of aliphatic carboxylic acids is 1. The number of aromatic carboxylic acids is 1. The molecule has 7 nitrogen and oxygen atoms in total. The van der Waals surface area contributed by atoms with Crippen LogP contribution in [0.5, 0.6) is 0 Å². The molecule has 0 fully saturated rings. The molecule has 27 heavy (non-hydrogen) atoms. The van der Waals surface area contributed by atoms with Crippen LogP contribution in [-0.2, 0) is 14.8 Å². The molecule has 0 radical (unpaired) electrons. The molecule has 0 saturated heterocycles. The molecule has 2 aromatic rings. The van der Waals surface area contributed by atoms with E-state index in [-0.39, 0.29) is 30.6 Å². The Kier molecular flexibility index (Phi) is 6.73. The molecule has 0 N–H and O–H groups in total. The molecule has 0 aliphatic heterocycles. The summed E-state index contributed by atoms with van der Waals surface area (Å²) in [5, 5.41) is 23.0. The van der Waals surface area contributed by atoms with Gasteiger partial charge in [0.1, 0.15) is 0 Å². The molecule has 2 rings (SSSR count). The molecule has 0 aliphatic rings. The minimum Gasteiger partial charge on any atom is -0.550 e. The summed E-state index contributed by atoms with van der Waals surface area (Å²) in [6, 6.07) is 14.2. The van der Waals surface area contributed by atoms with Gasteiger partial charge < -0.3 is 19.8 Å². The van der Waals surface area contributed by atoms with Crippen LogP contribution in [0.3, 0.4) is 0 Å². The Morgan fingerprint density at radius 3 is 2.22 bits per heavy atom. The van der Waals surface area contributed by atoms with Crippen LogP contribution >= 0.6 is 0 Å². The zero-order valence-corrected chi connectivity index (χ0v) is 15.1. The monoisotopic (exact) mass is 387 g/mol. The summed E-state index contributed by atoms with van der Waals surface area (Å²) < 4.78 is 26.5. The molecule has 2 aromatic carbocycles. The number of carboxylic acids is 2. The molecule has 0 unspecified atom stereocenters. The van der Waals surface area contributed by atoms with Crippen molar-refractivity contribution in [3.8, 4) is 0 Å². The van der Waals surface area contributed by atoms with Gasteiger partial charge in [0.2, 0.25) is 0 Å². The average Bonchev–Trinajstić information content (AvgIpc) is 2.64. The van der Waals surface area contributed by atoms with Crippen molar-refractivity contribution in [2.45, 2.75) is 12.8 Å². The van der Waals surface area contributed by atoms with Gasteiger partial charge in [-0.2, -0.15) is 0 Å². The van der Waals surface area contributed by atoms with Crippen molar-refractivity contribution in [1.82, 2.24) is 0 Å². The van der Waals surface area contributed by atoms with E-state index in [0.717, 1.165) is 9.71 Å². The fraction of sp³-hybridized carbons (Fsp3) is 0.158. The number of hydrogen-bond donors (Lipinski definition) is 0. The minimum atomic E-state index is -4.08. The Labute approximate surface area is 157 Å². The van der Waals surface area contributed by atoms with Crippen LogP contribution in [0.4, 0.5) is 5.69 Å². The number of rotatable bonds is 9. The largest absolute Gasteiger partial charge is 0.550 e. The van der Waals surface area contributed by atoms with Gasteiger partial charge in [0.25, 0.3) is 10.0 Å². The van der Waals surface area contributed by atoms with Gasteiger partial charge in [0.05, 0.1) is 17.1 Å². The number of hydrogen-bond acceptors (Lipinski definition) is 6. The van der Waals surface area contributed by atoms with Crippen LogP contribution in [0.2, 0.25) is 0 Å². The Hall–Kier alpha value is -3.13. The highest BCUT2D eigenvalue weighted by Gasteiger charge is 2.22. The van der Waals surface area contributed by atoms with E-state index in [1.165, 1.54) is 30.3 Å². The van der Waals surface area contributed by atoms with Gasteiger partial charge in [0, 0.05) is 18.1 Å². The first-order valence-corrected chi connectivity index (χ1v) is 9.57. The highest BCUT2D eigenvalue weighted by atomic mass is 32.2. The van der Waals surface area contributed by atoms with Crippen LogP contribution in [0.25, 0.3) is 6.08 Å². The second kappa shape index (κ2) is 9.00. The van der Waals surface area contributed by atoms with E-state index in [1.54, 1.807) is 30.3 Å². The third-order valence-electron chi connectivity index (χ3n) is 3.67. The maximum absolute atomic E-state index is 12.8. The van der Waals surface area contributed by atoms with E-state index in [1.807, 2.05) is 0 Å². The van der Waals surface area contributed by atoms with E-state index < -0.39 is 22.0 Å². The fourth-order valence-electron chi connectivity index (χ4n) is 2.42. The summed E-state index contributed by atoms with van der Waals surface area (Å²) in [5.41, 5.74) is 0.250. The number of benzene rings is 2. The van der Waals surface area contributed by atoms with Crippen LogP contribution in [0.15, 0.2) is 60.0 Å². The first-order valence-electron chi connectivity index (χ1n) is 8.07. The summed E-state index contributed by atoms with van der Waals surface area (Å²) in [4.78, 5) is 22.0. The van der Waals surface area contributed by atoms with E-state index in [0.29, 0.717) is 5.56 Å². The number of carbonyl (C=O) groups is 2. The summed E-state index contributed by atoms with van der Waals surface area (Å²) in [7, 11) is -4.08. The van der Waals surface area contributed by atoms with Crippen LogP contribution in [0, 0.1) is 0 Å². The first-order chi connectivity index (χ1) is 12.8. The number of carboxylic acid groups (broad SMARTS) is 2. The number of anilines is 1. The van der Waals surface area contributed by atoms with Crippen molar-refractivity contribution < 1.29 is 28.2 Å². The van der Waals surface area contributed by atoms with Gasteiger partial charge in [0.15, 0.2) is 0 Å². The van der Waals surface area contributed by atoms with Gasteiger partial charge in [-0.3, -0.25) is 4.31 Å². The molecule has 0 aliphatic carbocycles. The van der Waals surface area contributed by atoms with Crippen LogP contribution in [-0.4, -0.2) is 26.9 Å². The number of carbonyl (C=O) groups excluding carboxylic acids is 2. The van der Waals surface area contributed by atoms with E-state index in [9.17, 15) is 28.2 Å². The zero-order chi connectivity index (χ0) is 19.9. The lowest BCUT2D eigenvalue weighted by atomic mass is 10.1. The number of nitrogens with zero attached hydrogens (tertiary/aromatic N) is 1. The van der Waals surface area contributed by atoms with Gasteiger partial charge >= 0.3 is 0 Å². The van der Waals surface area contributed by atoms with Crippen molar-refractivity contribution in [3.63, 3.8) is 0 Å². The molecule has 0 saturated carbocycles. The molecule has 8 heteroatoms. The molecular formula is C19H17NO6S-2. The minimum absolute atomic E-state index is 0.0396. The average molecular weight is 387 g/mol. The second-order valence-electron chi connectivity index (χ2n) is 5.61. The molecular weight excluding hydrogens is 370 g/mol. The topological polar surface area (TPSA) is 118 Å². The van der Waals surface area contributed by atoms with Crippen molar-refractivity contribution in [2.24, 2.45) is 0 Å². The van der Waals surface area contributed by atoms with Gasteiger partial charge in [-0.15, -0.1) is 0 Å². The van der Waals surface area contributed by atoms with Crippen LogP contribution in [0.1, 0.15) is 28.8 Å². The van der Waals surface area contributed by atoms with Gasteiger partial charge in [-0.1, -0.05) is 48.5 Å². The molecule has 0 bridgehead atoms. The lowest BCUT2D eigenvalue weighted by molar-refractivity contribution is -0.305. The second-order valence-corrected chi connectivity index (χ2v) is 7.35. The van der Waals surface area contributed by atoms with Crippen molar-refractivity contribution in [2.75, 3.05) is 10.8 Å². The predicted octanol–water partition coefficient (Wildman–Crippen LogP) is 0.387. The maximum atomic E-state index is 12.8. The van der Waals surface area contributed by atoms with Crippen molar-refractivity contribution in [1.29, 1.82) is 0 Å². The van der Waals surface area contributed by atoms with Gasteiger partial charge in [-0.05, 0) is 30.5 Å². The summed E-state index contributed by atoms with van der Waals surface area (Å²) in [5.74, 6) is -2.85. The first kappa shape index (κ1) is 20.2. The highest BCUT2D eigenvalue weighted by Crippen LogP contribution is 2.24. The van der Waals surface area contributed by atoms with E-state index in [4.69, 9.17) is 0 Å². The lowest BCUT2D eigenvalue weighted by Crippen LogP contribution is -2.34. The Morgan fingerprint density at radius 1 is 0.963 bits per heavy atom. The zero-order valence-electron chi connectivity index (χ0n) is 14.3.